The van der Waals surface area contributed by atoms with Gasteiger partial charge in [0.05, 0.1) is 12.0 Å². The molecule has 0 spiro atoms. The molecule has 2 rings (SSSR count). The molecule has 96 valence electrons. The molecule has 0 amide bonds. The molecule has 0 aromatic heterocycles. The predicted octanol–water partition coefficient (Wildman–Crippen LogP) is 1.29. The van der Waals surface area contributed by atoms with Crippen molar-refractivity contribution < 1.29 is 9.90 Å². The van der Waals surface area contributed by atoms with Crippen molar-refractivity contribution in [2.75, 3.05) is 11.4 Å². The Balaban J connectivity index is 2.33. The third-order valence-corrected chi connectivity index (χ3v) is 3.35. The van der Waals surface area contributed by atoms with Crippen LogP contribution in [0.4, 0.5) is 5.69 Å². The van der Waals surface area contributed by atoms with Gasteiger partial charge in [0.1, 0.15) is 5.84 Å². The minimum absolute atomic E-state index is 0.0778. The van der Waals surface area contributed by atoms with Gasteiger partial charge in [0.2, 0.25) is 0 Å². The number of para-hydroxylation sites is 1. The Morgan fingerprint density at radius 1 is 1.39 bits per heavy atom. The first-order valence-electron chi connectivity index (χ1n) is 5.99. The molecule has 2 atom stereocenters. The zero-order valence-corrected chi connectivity index (χ0v) is 10.0. The molecule has 1 saturated heterocycles. The summed E-state index contributed by atoms with van der Waals surface area (Å²) < 4.78 is 0. The number of amidine groups is 1. The van der Waals surface area contributed by atoms with Crippen LogP contribution < -0.4 is 10.6 Å². The average Bonchev–Trinajstić information content (AvgIpc) is 2.38. The van der Waals surface area contributed by atoms with Crippen molar-refractivity contribution >= 4 is 17.5 Å². The van der Waals surface area contributed by atoms with Crippen LogP contribution in [-0.4, -0.2) is 29.5 Å². The third-order valence-electron chi connectivity index (χ3n) is 3.35. The van der Waals surface area contributed by atoms with Crippen molar-refractivity contribution in [3.63, 3.8) is 0 Å². The van der Waals surface area contributed by atoms with Crippen LogP contribution in [0.2, 0.25) is 0 Å². The number of anilines is 1. The largest absolute Gasteiger partial charge is 0.481 e. The lowest BCUT2D eigenvalue weighted by atomic mass is 9.88. The lowest BCUT2D eigenvalue weighted by molar-refractivity contribution is -0.142. The highest BCUT2D eigenvalue weighted by molar-refractivity contribution is 5.91. The molecule has 1 aliphatic heterocycles. The first kappa shape index (κ1) is 12.4. The summed E-state index contributed by atoms with van der Waals surface area (Å²) in [5.41, 5.74) is 6.52. The van der Waals surface area contributed by atoms with Gasteiger partial charge in [-0.25, -0.2) is 0 Å². The number of carboxylic acid groups (broad SMARTS) is 1. The standard InChI is InChI=1S/C13H17N3O2/c14-12(15)11-10(13(17)18)7-4-8-16(11)9-5-2-1-3-6-9/h1-3,5-6,10-11H,4,7-8H2,(H3,14,15)(H,17,18). The van der Waals surface area contributed by atoms with E-state index in [-0.39, 0.29) is 5.84 Å². The smallest absolute Gasteiger partial charge is 0.309 e. The van der Waals surface area contributed by atoms with Crippen molar-refractivity contribution in [2.45, 2.75) is 18.9 Å². The zero-order valence-electron chi connectivity index (χ0n) is 10.0. The number of benzene rings is 1. The van der Waals surface area contributed by atoms with E-state index >= 15 is 0 Å². The number of piperidine rings is 1. The van der Waals surface area contributed by atoms with E-state index in [4.69, 9.17) is 11.1 Å². The van der Waals surface area contributed by atoms with Crippen LogP contribution in [0.1, 0.15) is 12.8 Å². The number of rotatable bonds is 3. The molecule has 1 aromatic carbocycles. The van der Waals surface area contributed by atoms with Gasteiger partial charge in [0, 0.05) is 12.2 Å². The maximum Gasteiger partial charge on any atom is 0.309 e. The Bertz CT molecular complexity index is 447. The summed E-state index contributed by atoms with van der Waals surface area (Å²) in [4.78, 5) is 13.2. The topological polar surface area (TPSA) is 90.4 Å². The second-order valence-corrected chi connectivity index (χ2v) is 4.52. The molecule has 1 aromatic rings. The number of carboxylic acids is 1. The van der Waals surface area contributed by atoms with Crippen LogP contribution in [0.25, 0.3) is 0 Å². The van der Waals surface area contributed by atoms with E-state index in [1.165, 1.54) is 0 Å². The van der Waals surface area contributed by atoms with Gasteiger partial charge in [0.15, 0.2) is 0 Å². The molecule has 2 unspecified atom stereocenters. The Labute approximate surface area is 106 Å². The fourth-order valence-electron chi connectivity index (χ4n) is 2.55. The van der Waals surface area contributed by atoms with E-state index in [1.54, 1.807) is 0 Å². The molecule has 18 heavy (non-hydrogen) atoms. The molecule has 1 aliphatic rings. The summed E-state index contributed by atoms with van der Waals surface area (Å²) in [6.45, 7) is 0.734. The van der Waals surface area contributed by atoms with E-state index in [1.807, 2.05) is 35.2 Å². The maximum absolute atomic E-state index is 11.3. The molecule has 0 bridgehead atoms. The Morgan fingerprint density at radius 3 is 2.61 bits per heavy atom. The molecule has 1 fully saturated rings. The first-order chi connectivity index (χ1) is 8.61. The molecule has 5 nitrogen and oxygen atoms in total. The first-order valence-corrected chi connectivity index (χ1v) is 5.99. The predicted molar refractivity (Wildman–Crippen MR) is 69.8 cm³/mol. The molecule has 5 heteroatoms. The van der Waals surface area contributed by atoms with Gasteiger partial charge in [-0.2, -0.15) is 0 Å². The Kier molecular flexibility index (Phi) is 3.50. The van der Waals surface area contributed by atoms with Crippen molar-refractivity contribution in [3.05, 3.63) is 30.3 Å². The fourth-order valence-corrected chi connectivity index (χ4v) is 2.55. The summed E-state index contributed by atoms with van der Waals surface area (Å²) in [5, 5.41) is 16.9. The second-order valence-electron chi connectivity index (χ2n) is 4.52. The highest BCUT2D eigenvalue weighted by Crippen LogP contribution is 2.28. The lowest BCUT2D eigenvalue weighted by Crippen LogP contribution is -2.54. The van der Waals surface area contributed by atoms with Gasteiger partial charge in [0.25, 0.3) is 0 Å². The number of aliphatic carboxylic acids is 1. The van der Waals surface area contributed by atoms with Gasteiger partial charge in [-0.3, -0.25) is 10.2 Å². The van der Waals surface area contributed by atoms with Crippen molar-refractivity contribution in [2.24, 2.45) is 11.7 Å². The molecule has 1 heterocycles. The van der Waals surface area contributed by atoms with Gasteiger partial charge in [-0.15, -0.1) is 0 Å². The number of nitrogens with one attached hydrogen (secondary N) is 1. The Morgan fingerprint density at radius 2 is 2.06 bits per heavy atom. The summed E-state index contributed by atoms with van der Waals surface area (Å²) in [6.07, 6.45) is 1.37. The molecule has 0 radical (unpaired) electrons. The number of nitrogens with zero attached hydrogens (tertiary/aromatic N) is 1. The monoisotopic (exact) mass is 247 g/mol. The van der Waals surface area contributed by atoms with Gasteiger partial charge in [-0.1, -0.05) is 18.2 Å². The van der Waals surface area contributed by atoms with Crippen LogP contribution >= 0.6 is 0 Å². The molecule has 4 N–H and O–H groups in total. The van der Waals surface area contributed by atoms with Crippen LogP contribution in [0.15, 0.2) is 30.3 Å². The highest BCUT2D eigenvalue weighted by atomic mass is 16.4. The summed E-state index contributed by atoms with van der Waals surface area (Å²) in [7, 11) is 0. The molecule has 0 aliphatic carbocycles. The number of carbonyl (C=O) groups is 1. The molecule has 0 saturated carbocycles. The van der Waals surface area contributed by atoms with E-state index in [0.717, 1.165) is 18.7 Å². The fraction of sp³-hybridized carbons (Fsp3) is 0.385. The SMILES string of the molecule is N=C(N)C1C(C(=O)O)CCCN1c1ccccc1. The van der Waals surface area contributed by atoms with Crippen LogP contribution in [0.5, 0.6) is 0 Å². The van der Waals surface area contributed by atoms with Gasteiger partial charge < -0.3 is 15.7 Å². The third kappa shape index (κ3) is 2.30. The Hall–Kier alpha value is -2.04. The minimum atomic E-state index is -0.879. The zero-order chi connectivity index (χ0) is 13.1. The van der Waals surface area contributed by atoms with Gasteiger partial charge >= 0.3 is 5.97 Å². The van der Waals surface area contributed by atoms with Gasteiger partial charge in [-0.05, 0) is 25.0 Å². The van der Waals surface area contributed by atoms with Crippen LogP contribution in [-0.2, 0) is 4.79 Å². The number of nitrogens with two attached hydrogens (primary N) is 1. The normalized spacial score (nSPS) is 23.7. The average molecular weight is 247 g/mol. The van der Waals surface area contributed by atoms with E-state index in [2.05, 4.69) is 0 Å². The van der Waals surface area contributed by atoms with Crippen molar-refractivity contribution in [1.29, 1.82) is 5.41 Å². The van der Waals surface area contributed by atoms with Crippen LogP contribution in [0, 0.1) is 11.3 Å². The molecular weight excluding hydrogens is 230 g/mol. The lowest BCUT2D eigenvalue weighted by Gasteiger charge is -2.40. The summed E-state index contributed by atoms with van der Waals surface area (Å²) in [5.74, 6) is -1.56. The quantitative estimate of drug-likeness (QED) is 0.554. The summed E-state index contributed by atoms with van der Waals surface area (Å²) >= 11 is 0. The maximum atomic E-state index is 11.3. The van der Waals surface area contributed by atoms with Crippen molar-refractivity contribution in [3.8, 4) is 0 Å². The second kappa shape index (κ2) is 5.08. The number of hydrogen-bond donors (Lipinski definition) is 3. The summed E-state index contributed by atoms with van der Waals surface area (Å²) in [6, 6.07) is 9.00. The highest BCUT2D eigenvalue weighted by Gasteiger charge is 2.38. The van der Waals surface area contributed by atoms with Crippen molar-refractivity contribution in [1.82, 2.24) is 0 Å². The van der Waals surface area contributed by atoms with E-state index < -0.39 is 17.9 Å². The number of hydrogen-bond acceptors (Lipinski definition) is 3. The minimum Gasteiger partial charge on any atom is -0.481 e. The molecular formula is C13H17N3O2. The van der Waals surface area contributed by atoms with Crippen LogP contribution in [0.3, 0.4) is 0 Å². The van der Waals surface area contributed by atoms with E-state index in [0.29, 0.717) is 6.42 Å². The van der Waals surface area contributed by atoms with E-state index in [9.17, 15) is 9.90 Å².